The second-order valence-electron chi connectivity index (χ2n) is 7.18. The summed E-state index contributed by atoms with van der Waals surface area (Å²) in [5, 5.41) is 7.62. The summed E-state index contributed by atoms with van der Waals surface area (Å²) in [6.07, 6.45) is 0.839. The summed E-state index contributed by atoms with van der Waals surface area (Å²) in [5.74, 6) is 0.484. The number of hydrogen-bond acceptors (Lipinski definition) is 6. The average Bonchev–Trinajstić information content (AvgIpc) is 3.20. The van der Waals surface area contributed by atoms with E-state index >= 15 is 0 Å². The van der Waals surface area contributed by atoms with Gasteiger partial charge in [-0.25, -0.2) is 4.98 Å². The van der Waals surface area contributed by atoms with Gasteiger partial charge in [0.15, 0.2) is 0 Å². The third-order valence-corrected chi connectivity index (χ3v) is 6.74. The Morgan fingerprint density at radius 2 is 1.94 bits per heavy atom. The lowest BCUT2D eigenvalue weighted by molar-refractivity contribution is -0.128. The molecule has 0 unspecified atom stereocenters. The zero-order valence-electron chi connectivity index (χ0n) is 17.7. The smallest absolute Gasteiger partial charge is 0.260 e. The van der Waals surface area contributed by atoms with Gasteiger partial charge in [0, 0.05) is 17.5 Å². The van der Waals surface area contributed by atoms with Gasteiger partial charge < -0.3 is 15.6 Å². The summed E-state index contributed by atoms with van der Waals surface area (Å²) < 4.78 is 0. The van der Waals surface area contributed by atoms with Crippen LogP contribution in [0.1, 0.15) is 33.0 Å². The molecule has 3 rings (SSSR count). The van der Waals surface area contributed by atoms with Crippen LogP contribution in [0.25, 0.3) is 21.3 Å². The number of carbonyl (C=O) groups excluding carboxylic acids is 2. The van der Waals surface area contributed by atoms with Crippen LogP contribution in [0.5, 0.6) is 0 Å². The number of aromatic nitrogens is 2. The van der Waals surface area contributed by atoms with E-state index in [4.69, 9.17) is 0 Å². The molecular formula is C22H26N4O3S2. The highest BCUT2D eigenvalue weighted by molar-refractivity contribution is 7.99. The molecule has 3 N–H and O–H groups in total. The molecule has 0 aliphatic heterocycles. The predicted octanol–water partition coefficient (Wildman–Crippen LogP) is 3.30. The maximum Gasteiger partial charge on any atom is 0.260 e. The zero-order valence-corrected chi connectivity index (χ0v) is 19.4. The van der Waals surface area contributed by atoms with Crippen LogP contribution in [0.2, 0.25) is 0 Å². The normalized spacial score (nSPS) is 13.0. The molecule has 0 aliphatic carbocycles. The van der Waals surface area contributed by atoms with Crippen LogP contribution >= 0.6 is 23.1 Å². The summed E-state index contributed by atoms with van der Waals surface area (Å²) in [4.78, 5) is 45.1. The van der Waals surface area contributed by atoms with E-state index in [1.807, 2.05) is 42.6 Å². The molecule has 0 bridgehead atoms. The van der Waals surface area contributed by atoms with Gasteiger partial charge in [0.2, 0.25) is 11.8 Å². The summed E-state index contributed by atoms with van der Waals surface area (Å²) in [6, 6.07) is 9.14. The number of H-pyrrole nitrogens is 1. The van der Waals surface area contributed by atoms with Crippen LogP contribution in [0.4, 0.5) is 0 Å². The van der Waals surface area contributed by atoms with Crippen LogP contribution in [0.3, 0.4) is 0 Å². The first-order valence-corrected chi connectivity index (χ1v) is 12.1. The number of hydrogen-bond donors (Lipinski definition) is 3. The number of benzene rings is 1. The highest BCUT2D eigenvalue weighted by atomic mass is 32.2. The van der Waals surface area contributed by atoms with Gasteiger partial charge in [0.25, 0.3) is 5.56 Å². The number of thioether (sulfide) groups is 1. The predicted molar refractivity (Wildman–Crippen MR) is 127 cm³/mol. The molecule has 0 saturated heterocycles. The Bertz CT molecular complexity index is 1110. The molecule has 1 aromatic carbocycles. The lowest BCUT2D eigenvalue weighted by Crippen LogP contribution is -2.47. The van der Waals surface area contributed by atoms with Crippen LogP contribution in [-0.2, 0) is 15.3 Å². The Morgan fingerprint density at radius 3 is 2.65 bits per heavy atom. The van der Waals surface area contributed by atoms with Crippen LogP contribution in [0, 0.1) is 0 Å². The van der Waals surface area contributed by atoms with Gasteiger partial charge in [-0.2, -0.15) is 0 Å². The van der Waals surface area contributed by atoms with Crippen molar-refractivity contribution < 1.29 is 9.59 Å². The third-order valence-electron chi connectivity index (χ3n) is 4.72. The van der Waals surface area contributed by atoms with Gasteiger partial charge in [-0.3, -0.25) is 14.4 Å². The highest BCUT2D eigenvalue weighted by Crippen LogP contribution is 2.30. The molecule has 0 fully saturated rings. The number of aromatic amines is 1. The van der Waals surface area contributed by atoms with E-state index in [0.717, 1.165) is 17.5 Å². The quantitative estimate of drug-likeness (QED) is 0.456. The van der Waals surface area contributed by atoms with Crippen molar-refractivity contribution in [1.82, 2.24) is 20.6 Å². The number of nitrogens with zero attached hydrogens (tertiary/aromatic N) is 1. The highest BCUT2D eigenvalue weighted by Gasteiger charge is 2.20. The Morgan fingerprint density at radius 1 is 1.19 bits per heavy atom. The van der Waals surface area contributed by atoms with Crippen molar-refractivity contribution >= 4 is 45.1 Å². The van der Waals surface area contributed by atoms with Crippen molar-refractivity contribution in [2.75, 3.05) is 6.54 Å². The first kappa shape index (κ1) is 23.0. The average molecular weight is 459 g/mol. The van der Waals surface area contributed by atoms with E-state index in [2.05, 4.69) is 20.6 Å². The molecular weight excluding hydrogens is 432 g/mol. The van der Waals surface area contributed by atoms with E-state index in [-0.39, 0.29) is 17.4 Å². The van der Waals surface area contributed by atoms with Crippen molar-refractivity contribution in [1.29, 1.82) is 0 Å². The van der Waals surface area contributed by atoms with E-state index < -0.39 is 11.3 Å². The summed E-state index contributed by atoms with van der Waals surface area (Å²) in [5.41, 5.74) is 1.67. The van der Waals surface area contributed by atoms with Crippen molar-refractivity contribution in [2.24, 2.45) is 0 Å². The molecule has 0 saturated carbocycles. The molecule has 2 amide bonds. The second-order valence-corrected chi connectivity index (χ2v) is 9.37. The van der Waals surface area contributed by atoms with Gasteiger partial charge in [-0.05, 0) is 25.8 Å². The van der Waals surface area contributed by atoms with E-state index in [1.165, 1.54) is 23.1 Å². The molecule has 0 spiro atoms. The number of thiophene rings is 1. The molecule has 2 heterocycles. The molecule has 164 valence electrons. The fourth-order valence-electron chi connectivity index (χ4n) is 2.97. The minimum absolute atomic E-state index is 0.181. The third kappa shape index (κ3) is 5.74. The van der Waals surface area contributed by atoms with E-state index in [1.54, 1.807) is 13.8 Å². The number of rotatable bonds is 9. The van der Waals surface area contributed by atoms with Gasteiger partial charge in [0.1, 0.15) is 16.7 Å². The fourth-order valence-corrected chi connectivity index (χ4v) is 4.70. The Balaban J connectivity index is 1.64. The van der Waals surface area contributed by atoms with Crippen LogP contribution < -0.4 is 16.2 Å². The van der Waals surface area contributed by atoms with E-state index in [9.17, 15) is 14.4 Å². The molecule has 3 aromatic rings. The first-order valence-electron chi connectivity index (χ1n) is 10.2. The number of amides is 2. The SMILES string of the molecule is CCCNC(=O)[C@H](C)NC(=O)[C@H](C)SCc1nc2scc(-c3ccccc3)c2c(=O)[nH]1. The minimum atomic E-state index is -0.598. The maximum atomic E-state index is 12.7. The molecule has 2 aromatic heterocycles. The maximum absolute atomic E-state index is 12.7. The molecule has 2 atom stereocenters. The number of nitrogens with one attached hydrogen (secondary N) is 3. The molecule has 31 heavy (non-hydrogen) atoms. The minimum Gasteiger partial charge on any atom is -0.354 e. The van der Waals surface area contributed by atoms with Crippen LogP contribution in [-0.4, -0.2) is 39.6 Å². The number of fused-ring (bicyclic) bond motifs is 1. The molecule has 7 nitrogen and oxygen atoms in total. The molecule has 0 radical (unpaired) electrons. The Hall–Kier alpha value is -2.65. The zero-order chi connectivity index (χ0) is 22.4. The standard InChI is InChI=1S/C22H26N4O3S2/c1-4-10-23-19(27)13(2)24-20(28)14(3)30-12-17-25-21(29)18-16(11-31-22(18)26-17)15-8-6-5-7-9-15/h5-9,11,13-14H,4,10,12H2,1-3H3,(H,23,27)(H,24,28)(H,25,26,29)/t13-,14-/m0/s1. The summed E-state index contributed by atoms with van der Waals surface area (Å²) >= 11 is 2.79. The summed E-state index contributed by atoms with van der Waals surface area (Å²) in [7, 11) is 0. The number of carbonyl (C=O) groups is 2. The first-order chi connectivity index (χ1) is 14.9. The van der Waals surface area contributed by atoms with Gasteiger partial charge in [0.05, 0.1) is 16.4 Å². The molecule has 0 aliphatic rings. The monoisotopic (exact) mass is 458 g/mol. The topological polar surface area (TPSA) is 104 Å². The second kappa shape index (κ2) is 10.6. The van der Waals surface area contributed by atoms with E-state index in [0.29, 0.717) is 28.3 Å². The summed E-state index contributed by atoms with van der Waals surface area (Å²) in [6.45, 7) is 5.98. The van der Waals surface area contributed by atoms with Gasteiger partial charge in [-0.1, -0.05) is 37.3 Å². The van der Waals surface area contributed by atoms with Gasteiger partial charge >= 0.3 is 0 Å². The lowest BCUT2D eigenvalue weighted by Gasteiger charge is -2.17. The molecule has 9 heteroatoms. The van der Waals surface area contributed by atoms with Crippen LogP contribution in [0.15, 0.2) is 40.5 Å². The Kier molecular flexibility index (Phi) is 7.86. The van der Waals surface area contributed by atoms with Crippen molar-refractivity contribution in [3.8, 4) is 11.1 Å². The van der Waals surface area contributed by atoms with Crippen molar-refractivity contribution in [2.45, 2.75) is 44.2 Å². The van der Waals surface area contributed by atoms with Crippen molar-refractivity contribution in [3.63, 3.8) is 0 Å². The van der Waals surface area contributed by atoms with Crippen molar-refractivity contribution in [3.05, 3.63) is 51.9 Å². The fraction of sp³-hybridized carbons (Fsp3) is 0.364. The lowest BCUT2D eigenvalue weighted by atomic mass is 10.1. The van der Waals surface area contributed by atoms with Gasteiger partial charge in [-0.15, -0.1) is 23.1 Å². The Labute approximate surface area is 189 Å². The largest absolute Gasteiger partial charge is 0.354 e.